The summed E-state index contributed by atoms with van der Waals surface area (Å²) in [6.07, 6.45) is 11.6. The Kier molecular flexibility index (Phi) is 8.91. The largest absolute Gasteiger partial charge is 0.353 e. The summed E-state index contributed by atoms with van der Waals surface area (Å²) in [6.45, 7) is 1.16. The average molecular weight is 463 g/mol. The van der Waals surface area contributed by atoms with Crippen molar-refractivity contribution in [2.45, 2.75) is 18.4 Å². The summed E-state index contributed by atoms with van der Waals surface area (Å²) in [5.41, 5.74) is 4.57. The molecule has 176 valence electrons. The minimum Gasteiger partial charge on any atom is -0.353 e. The Morgan fingerprint density at radius 2 is 1.14 bits per heavy atom. The first kappa shape index (κ1) is 24.0. The molecule has 0 atom stereocenters. The first-order valence-electron chi connectivity index (χ1n) is 11.9. The molecule has 4 aromatic rings. The maximum Gasteiger partial charge on any atom is 0.221 e. The molecule has 0 radical (unpaired) electrons. The molecule has 0 saturated heterocycles. The maximum atomic E-state index is 12.7. The summed E-state index contributed by atoms with van der Waals surface area (Å²) >= 11 is 0. The average Bonchev–Trinajstić information content (AvgIpc) is 2.93. The van der Waals surface area contributed by atoms with Gasteiger partial charge in [0.05, 0.1) is 6.04 Å². The van der Waals surface area contributed by atoms with Crippen molar-refractivity contribution >= 4 is 5.91 Å². The number of rotatable bonds is 11. The zero-order valence-electron chi connectivity index (χ0n) is 19.6. The predicted octanol–water partition coefficient (Wildman–Crippen LogP) is 5.05. The van der Waals surface area contributed by atoms with E-state index in [0.717, 1.165) is 22.3 Å². The fourth-order valence-electron chi connectivity index (χ4n) is 4.12. The van der Waals surface area contributed by atoms with Crippen LogP contribution in [0.2, 0.25) is 0 Å². The Labute approximate surface area is 207 Å². The van der Waals surface area contributed by atoms with E-state index in [2.05, 4.69) is 44.9 Å². The second-order valence-electron chi connectivity index (χ2n) is 8.26. The monoisotopic (exact) mass is 462 g/mol. The molecule has 2 aromatic heterocycles. The highest BCUT2D eigenvalue weighted by molar-refractivity contribution is 5.77. The molecule has 4 rings (SSSR count). The number of carbonyl (C=O) groups excluding carboxylic acids is 1. The number of amides is 1. The Hall–Kier alpha value is -4.09. The Morgan fingerprint density at radius 1 is 0.657 bits per heavy atom. The molecule has 2 heterocycles. The van der Waals surface area contributed by atoms with Gasteiger partial charge in [-0.2, -0.15) is 0 Å². The highest BCUT2D eigenvalue weighted by atomic mass is 16.1. The van der Waals surface area contributed by atoms with Gasteiger partial charge in [-0.25, -0.2) is 0 Å². The summed E-state index contributed by atoms with van der Waals surface area (Å²) in [5.74, 6) is 0.0660. The van der Waals surface area contributed by atoms with Crippen LogP contribution in [0.25, 0.3) is 0 Å². The molecule has 35 heavy (non-hydrogen) atoms. The first-order chi connectivity index (χ1) is 17.3. The van der Waals surface area contributed by atoms with Crippen LogP contribution in [0.5, 0.6) is 0 Å². The van der Waals surface area contributed by atoms with Gasteiger partial charge < -0.3 is 10.6 Å². The highest BCUT2D eigenvalue weighted by Crippen LogP contribution is 2.27. The van der Waals surface area contributed by atoms with Gasteiger partial charge in [-0.3, -0.25) is 14.8 Å². The topological polar surface area (TPSA) is 66.9 Å². The summed E-state index contributed by atoms with van der Waals surface area (Å²) in [6, 6.07) is 28.5. The Morgan fingerprint density at radius 3 is 1.66 bits per heavy atom. The number of pyridine rings is 2. The van der Waals surface area contributed by atoms with Gasteiger partial charge >= 0.3 is 0 Å². The van der Waals surface area contributed by atoms with Crippen molar-refractivity contribution in [2.24, 2.45) is 0 Å². The third-order valence-electron chi connectivity index (χ3n) is 5.90. The number of nitrogens with zero attached hydrogens (tertiary/aromatic N) is 2. The van der Waals surface area contributed by atoms with Crippen LogP contribution in [0.15, 0.2) is 122 Å². The summed E-state index contributed by atoms with van der Waals surface area (Å²) in [7, 11) is 0. The molecule has 1 amide bonds. The van der Waals surface area contributed by atoms with E-state index < -0.39 is 0 Å². The molecule has 0 fully saturated rings. The van der Waals surface area contributed by atoms with Gasteiger partial charge in [0, 0.05) is 50.2 Å². The Bertz CT molecular complexity index is 1100. The molecule has 0 aliphatic rings. The second-order valence-corrected chi connectivity index (χ2v) is 8.26. The van der Waals surface area contributed by atoms with E-state index in [1.54, 1.807) is 24.8 Å². The van der Waals surface area contributed by atoms with E-state index in [1.807, 2.05) is 72.8 Å². The van der Waals surface area contributed by atoms with Gasteiger partial charge in [-0.15, -0.1) is 0 Å². The standard InChI is InChI=1S/C30H30N4O/c35-29(23-28(24-9-3-1-4-10-24)25-11-5-2-6-12-25)33-17-7-8-18-34-30(26-13-19-31-20-14-26)27-15-21-32-22-16-27/h1-16,19-22,28,30,34H,17-18,23H2,(H,33,35)/b8-7+. The molecule has 0 unspecified atom stereocenters. The lowest BCUT2D eigenvalue weighted by molar-refractivity contribution is -0.121. The zero-order chi connectivity index (χ0) is 24.1. The van der Waals surface area contributed by atoms with Crippen molar-refractivity contribution in [1.29, 1.82) is 0 Å². The van der Waals surface area contributed by atoms with Gasteiger partial charge in [-0.05, 0) is 46.5 Å². The molecule has 0 bridgehead atoms. The lowest BCUT2D eigenvalue weighted by Gasteiger charge is -2.18. The van der Waals surface area contributed by atoms with Crippen molar-refractivity contribution in [1.82, 2.24) is 20.6 Å². The smallest absolute Gasteiger partial charge is 0.221 e. The molecule has 0 aliphatic carbocycles. The first-order valence-corrected chi connectivity index (χ1v) is 11.9. The molecule has 0 saturated carbocycles. The molecular weight excluding hydrogens is 432 g/mol. The number of hydrogen-bond acceptors (Lipinski definition) is 4. The third kappa shape index (κ3) is 7.19. The quantitative estimate of drug-likeness (QED) is 0.306. The Balaban J connectivity index is 1.30. The fraction of sp³-hybridized carbons (Fsp3) is 0.167. The van der Waals surface area contributed by atoms with E-state index in [9.17, 15) is 4.79 Å². The molecule has 2 aromatic carbocycles. The third-order valence-corrected chi connectivity index (χ3v) is 5.90. The van der Waals surface area contributed by atoms with E-state index in [1.165, 1.54) is 0 Å². The summed E-state index contributed by atoms with van der Waals surface area (Å²) in [5, 5.41) is 6.59. The molecule has 5 nitrogen and oxygen atoms in total. The molecular formula is C30H30N4O. The lowest BCUT2D eigenvalue weighted by atomic mass is 9.88. The van der Waals surface area contributed by atoms with Crippen LogP contribution < -0.4 is 10.6 Å². The van der Waals surface area contributed by atoms with E-state index in [4.69, 9.17) is 0 Å². The number of nitrogens with one attached hydrogen (secondary N) is 2. The molecule has 0 aliphatic heterocycles. The normalized spacial score (nSPS) is 11.3. The number of aromatic nitrogens is 2. The van der Waals surface area contributed by atoms with Crippen LogP contribution in [0.4, 0.5) is 0 Å². The zero-order valence-corrected chi connectivity index (χ0v) is 19.6. The van der Waals surface area contributed by atoms with Gasteiger partial charge in [0.1, 0.15) is 0 Å². The summed E-state index contributed by atoms with van der Waals surface area (Å²) in [4.78, 5) is 21.0. The van der Waals surface area contributed by atoms with Crippen LogP contribution in [0, 0.1) is 0 Å². The van der Waals surface area contributed by atoms with Gasteiger partial charge in [0.2, 0.25) is 5.91 Å². The molecule has 5 heteroatoms. The highest BCUT2D eigenvalue weighted by Gasteiger charge is 2.17. The van der Waals surface area contributed by atoms with Gasteiger partial charge in [0.15, 0.2) is 0 Å². The van der Waals surface area contributed by atoms with Crippen molar-refractivity contribution in [2.75, 3.05) is 13.1 Å². The lowest BCUT2D eigenvalue weighted by Crippen LogP contribution is -2.26. The van der Waals surface area contributed by atoms with Gasteiger partial charge in [0.25, 0.3) is 0 Å². The number of hydrogen-bond donors (Lipinski definition) is 2. The second kappa shape index (κ2) is 13.0. The molecule has 0 spiro atoms. The number of benzene rings is 2. The van der Waals surface area contributed by atoms with Crippen molar-refractivity contribution in [3.05, 3.63) is 144 Å². The van der Waals surface area contributed by atoms with E-state index in [0.29, 0.717) is 19.5 Å². The minimum absolute atomic E-state index is 0.0320. The van der Waals surface area contributed by atoms with E-state index in [-0.39, 0.29) is 17.9 Å². The van der Waals surface area contributed by atoms with Crippen LogP contribution in [-0.4, -0.2) is 29.0 Å². The van der Waals surface area contributed by atoms with E-state index >= 15 is 0 Å². The minimum atomic E-state index is 0.0320. The van der Waals surface area contributed by atoms with Crippen LogP contribution >= 0.6 is 0 Å². The van der Waals surface area contributed by atoms with Crippen molar-refractivity contribution in [3.63, 3.8) is 0 Å². The van der Waals surface area contributed by atoms with Crippen LogP contribution in [0.3, 0.4) is 0 Å². The maximum absolute atomic E-state index is 12.7. The van der Waals surface area contributed by atoms with Gasteiger partial charge in [-0.1, -0.05) is 72.8 Å². The molecule has 2 N–H and O–H groups in total. The van der Waals surface area contributed by atoms with Crippen molar-refractivity contribution < 1.29 is 4.79 Å². The predicted molar refractivity (Wildman–Crippen MR) is 140 cm³/mol. The fourth-order valence-corrected chi connectivity index (χ4v) is 4.12. The van der Waals surface area contributed by atoms with Crippen LogP contribution in [0.1, 0.15) is 40.6 Å². The van der Waals surface area contributed by atoms with Crippen molar-refractivity contribution in [3.8, 4) is 0 Å². The number of carbonyl (C=O) groups is 1. The summed E-state index contributed by atoms with van der Waals surface area (Å²) < 4.78 is 0. The van der Waals surface area contributed by atoms with Crippen LogP contribution in [-0.2, 0) is 4.79 Å². The SMILES string of the molecule is O=C(CC(c1ccccc1)c1ccccc1)NC/C=C/CNC(c1ccncc1)c1ccncc1.